The third-order valence-corrected chi connectivity index (χ3v) is 6.32. The zero-order valence-electron chi connectivity index (χ0n) is 15.9. The number of piperidine rings is 1. The van der Waals surface area contributed by atoms with Crippen LogP contribution in [0.25, 0.3) is 16.7 Å². The van der Waals surface area contributed by atoms with Crippen LogP contribution >= 0.6 is 9.24 Å². The molecule has 0 saturated carbocycles. The van der Waals surface area contributed by atoms with Gasteiger partial charge in [0.15, 0.2) is 0 Å². The summed E-state index contributed by atoms with van der Waals surface area (Å²) in [5, 5.41) is 0.920. The molecule has 5 rings (SSSR count). The zero-order chi connectivity index (χ0) is 19.3. The number of rotatable bonds is 2. The van der Waals surface area contributed by atoms with Crippen molar-refractivity contribution >= 4 is 31.5 Å². The van der Waals surface area contributed by atoms with Gasteiger partial charge < -0.3 is 9.88 Å². The van der Waals surface area contributed by atoms with Gasteiger partial charge in [-0.15, -0.1) is 0 Å². The fourth-order valence-corrected chi connectivity index (χ4v) is 5.01. The zero-order valence-corrected chi connectivity index (χ0v) is 17.1. The molecule has 2 aliphatic heterocycles. The van der Waals surface area contributed by atoms with Gasteiger partial charge in [-0.2, -0.15) is 4.98 Å². The molecule has 3 atom stereocenters. The molecule has 7 heteroatoms. The first-order chi connectivity index (χ1) is 13.6. The molecule has 0 aliphatic carbocycles. The van der Waals surface area contributed by atoms with E-state index < -0.39 is 0 Å². The van der Waals surface area contributed by atoms with Crippen molar-refractivity contribution in [1.29, 1.82) is 0 Å². The number of aromatic nitrogens is 3. The highest BCUT2D eigenvalue weighted by Crippen LogP contribution is 2.37. The standard InChI is InChI=1S/C21H24N5OP/c1-13-22-10-9-17-3-2-4-18(26(13)17)14-5-7-16(8-6-14)25-12-15-11-19(28)23-20(15)24-21(25)27/h5-8,11-12,17-18H,2-4,9-10,28H2,1H3,(H,23,24,27). The number of nitrogens with zero attached hydrogens (tertiary/aromatic N) is 4. The molecule has 28 heavy (non-hydrogen) atoms. The Morgan fingerprint density at radius 3 is 2.82 bits per heavy atom. The third kappa shape index (κ3) is 2.96. The second kappa shape index (κ2) is 6.85. The van der Waals surface area contributed by atoms with E-state index in [1.807, 2.05) is 24.4 Å². The Hall–Kier alpha value is -2.46. The van der Waals surface area contributed by atoms with Gasteiger partial charge in [0, 0.05) is 29.6 Å². The fourth-order valence-electron chi connectivity index (χ4n) is 4.69. The minimum absolute atomic E-state index is 0.274. The Kier molecular flexibility index (Phi) is 4.31. The van der Waals surface area contributed by atoms with Crippen molar-refractivity contribution in [2.75, 3.05) is 6.54 Å². The summed E-state index contributed by atoms with van der Waals surface area (Å²) in [6.07, 6.45) is 6.67. The molecule has 0 bridgehead atoms. The average molecular weight is 393 g/mol. The summed E-state index contributed by atoms with van der Waals surface area (Å²) >= 11 is 0. The van der Waals surface area contributed by atoms with Crippen LogP contribution in [0.2, 0.25) is 0 Å². The molecule has 0 radical (unpaired) electrons. The first-order valence-corrected chi connectivity index (χ1v) is 10.5. The molecule has 0 spiro atoms. The maximum Gasteiger partial charge on any atom is 0.354 e. The van der Waals surface area contributed by atoms with Crippen molar-refractivity contribution in [2.24, 2.45) is 4.99 Å². The van der Waals surface area contributed by atoms with E-state index in [-0.39, 0.29) is 5.69 Å². The van der Waals surface area contributed by atoms with Gasteiger partial charge in [0.1, 0.15) is 5.65 Å². The molecular weight excluding hydrogens is 369 g/mol. The Morgan fingerprint density at radius 1 is 1.18 bits per heavy atom. The van der Waals surface area contributed by atoms with E-state index in [9.17, 15) is 4.79 Å². The molecular formula is C21H24N5OP. The van der Waals surface area contributed by atoms with Crippen molar-refractivity contribution in [3.05, 3.63) is 52.6 Å². The van der Waals surface area contributed by atoms with Gasteiger partial charge in [-0.3, -0.25) is 9.56 Å². The van der Waals surface area contributed by atoms with E-state index in [0.29, 0.717) is 17.7 Å². The van der Waals surface area contributed by atoms with Crippen LogP contribution in [-0.2, 0) is 0 Å². The Morgan fingerprint density at radius 2 is 2.00 bits per heavy atom. The largest absolute Gasteiger partial charge is 0.354 e. The van der Waals surface area contributed by atoms with Crippen molar-refractivity contribution < 1.29 is 0 Å². The van der Waals surface area contributed by atoms with Gasteiger partial charge in [0.2, 0.25) is 0 Å². The Balaban J connectivity index is 1.49. The van der Waals surface area contributed by atoms with Crippen LogP contribution in [0.4, 0.5) is 0 Å². The van der Waals surface area contributed by atoms with E-state index in [1.165, 1.54) is 18.4 Å². The lowest BCUT2D eigenvalue weighted by Gasteiger charge is -2.46. The van der Waals surface area contributed by atoms with Crippen LogP contribution in [-0.4, -0.2) is 37.9 Å². The van der Waals surface area contributed by atoms with Crippen LogP contribution in [0.5, 0.6) is 0 Å². The van der Waals surface area contributed by atoms with Gasteiger partial charge in [-0.1, -0.05) is 21.4 Å². The summed E-state index contributed by atoms with van der Waals surface area (Å²) in [6, 6.07) is 11.3. The maximum atomic E-state index is 12.5. The molecule has 0 amide bonds. The predicted octanol–water partition coefficient (Wildman–Crippen LogP) is 2.93. The van der Waals surface area contributed by atoms with E-state index in [1.54, 1.807) is 4.57 Å². The third-order valence-electron chi connectivity index (χ3n) is 6.01. The highest BCUT2D eigenvalue weighted by atomic mass is 31.0. The first kappa shape index (κ1) is 17.6. The lowest BCUT2D eigenvalue weighted by Crippen LogP contribution is -2.47. The van der Waals surface area contributed by atoms with Gasteiger partial charge in [0.05, 0.1) is 17.6 Å². The summed E-state index contributed by atoms with van der Waals surface area (Å²) in [5.41, 5.74) is 3.40. The molecule has 1 N–H and O–H groups in total. The lowest BCUT2D eigenvalue weighted by atomic mass is 9.88. The molecule has 1 aromatic carbocycles. The van der Waals surface area contributed by atoms with Crippen LogP contribution in [0.3, 0.4) is 0 Å². The van der Waals surface area contributed by atoms with E-state index in [4.69, 9.17) is 0 Å². The van der Waals surface area contributed by atoms with E-state index in [2.05, 4.69) is 48.2 Å². The SMILES string of the molecule is CC1=NCCC2CCCC(c3ccc(-n4cc5cc(P)[nH]c5nc4=O)cc3)N12. The Labute approximate surface area is 165 Å². The van der Waals surface area contributed by atoms with Gasteiger partial charge in [-0.25, -0.2) is 4.79 Å². The lowest BCUT2D eigenvalue weighted by molar-refractivity contribution is 0.150. The number of hydrogen-bond acceptors (Lipinski definition) is 4. The molecule has 3 unspecified atom stereocenters. The number of hydrogen-bond donors (Lipinski definition) is 1. The summed E-state index contributed by atoms with van der Waals surface area (Å²) in [5.74, 6) is 1.16. The average Bonchev–Trinajstić information content (AvgIpc) is 3.06. The van der Waals surface area contributed by atoms with Crippen molar-refractivity contribution in [3.8, 4) is 5.69 Å². The highest BCUT2D eigenvalue weighted by molar-refractivity contribution is 7.27. The molecule has 1 saturated heterocycles. The minimum Gasteiger partial charge on any atom is -0.351 e. The van der Waals surface area contributed by atoms with E-state index in [0.717, 1.165) is 41.7 Å². The maximum absolute atomic E-state index is 12.5. The van der Waals surface area contributed by atoms with Crippen LogP contribution in [0.15, 0.2) is 46.3 Å². The highest BCUT2D eigenvalue weighted by Gasteiger charge is 2.33. The summed E-state index contributed by atoms with van der Waals surface area (Å²) in [7, 11) is 2.60. The molecule has 3 aromatic rings. The van der Waals surface area contributed by atoms with Gasteiger partial charge in [0.25, 0.3) is 0 Å². The quantitative estimate of drug-likeness (QED) is 0.681. The number of nitrogens with one attached hydrogen (secondary N) is 1. The monoisotopic (exact) mass is 393 g/mol. The van der Waals surface area contributed by atoms with Gasteiger partial charge >= 0.3 is 5.69 Å². The second-order valence-corrected chi connectivity index (χ2v) is 8.36. The number of benzene rings is 1. The number of H-pyrrole nitrogens is 1. The topological polar surface area (TPSA) is 66.3 Å². The summed E-state index contributed by atoms with van der Waals surface area (Å²) in [4.78, 5) is 26.9. The molecule has 2 aromatic heterocycles. The van der Waals surface area contributed by atoms with Crippen molar-refractivity contribution in [3.63, 3.8) is 0 Å². The number of aromatic amines is 1. The van der Waals surface area contributed by atoms with Crippen molar-refractivity contribution in [2.45, 2.75) is 44.7 Å². The fraction of sp³-hybridized carbons (Fsp3) is 0.381. The molecule has 4 heterocycles. The molecule has 144 valence electrons. The molecule has 2 aliphatic rings. The summed E-state index contributed by atoms with van der Waals surface area (Å²) < 4.78 is 1.61. The summed E-state index contributed by atoms with van der Waals surface area (Å²) in [6.45, 7) is 3.09. The number of aliphatic imine (C=N–C) groups is 1. The Bertz CT molecular complexity index is 1110. The molecule has 6 nitrogen and oxygen atoms in total. The van der Waals surface area contributed by atoms with Gasteiger partial charge in [-0.05, 0) is 56.4 Å². The number of fused-ring (bicyclic) bond motifs is 2. The van der Waals surface area contributed by atoms with Crippen molar-refractivity contribution in [1.82, 2.24) is 19.4 Å². The first-order valence-electron chi connectivity index (χ1n) is 9.88. The van der Waals surface area contributed by atoms with Crippen LogP contribution < -0.4 is 11.1 Å². The second-order valence-electron chi connectivity index (χ2n) is 7.74. The normalized spacial score (nSPS) is 22.2. The minimum atomic E-state index is -0.274. The smallest absolute Gasteiger partial charge is 0.351 e. The van der Waals surface area contributed by atoms with Crippen LogP contribution in [0.1, 0.15) is 44.2 Å². The molecule has 1 fully saturated rings. The predicted molar refractivity (Wildman–Crippen MR) is 116 cm³/mol. The van der Waals surface area contributed by atoms with Crippen LogP contribution in [0, 0.1) is 0 Å². The number of amidine groups is 1. The van der Waals surface area contributed by atoms with E-state index >= 15 is 0 Å².